The van der Waals surface area contributed by atoms with Gasteiger partial charge in [0.05, 0.1) is 11.5 Å². The summed E-state index contributed by atoms with van der Waals surface area (Å²) in [7, 11) is 0. The smallest absolute Gasteiger partial charge is 0.238 e. The fourth-order valence-corrected chi connectivity index (χ4v) is 3.55. The molecule has 3 N–H and O–H groups in total. The SMILES string of the molecule is CC1(C)C(=O)Nc2ccc(CNC(=O)C3CSCN3)cc21. The van der Waals surface area contributed by atoms with Gasteiger partial charge in [-0.1, -0.05) is 12.1 Å². The van der Waals surface area contributed by atoms with Gasteiger partial charge in [0, 0.05) is 23.9 Å². The fourth-order valence-electron chi connectivity index (χ4n) is 2.60. The van der Waals surface area contributed by atoms with Gasteiger partial charge in [0.2, 0.25) is 11.8 Å². The van der Waals surface area contributed by atoms with Crippen molar-refractivity contribution >= 4 is 29.3 Å². The molecule has 6 heteroatoms. The highest BCUT2D eigenvalue weighted by Crippen LogP contribution is 2.37. The standard InChI is InChI=1S/C15H19N3O2S/c1-15(2)10-5-9(3-4-11(10)18-14(15)20)6-16-13(19)12-7-21-8-17-12/h3-5,12,17H,6-8H2,1-2H3,(H,16,19)(H,18,20). The maximum absolute atomic E-state index is 12.0. The zero-order valence-electron chi connectivity index (χ0n) is 12.2. The van der Waals surface area contributed by atoms with Crippen molar-refractivity contribution in [1.29, 1.82) is 0 Å². The quantitative estimate of drug-likeness (QED) is 0.785. The second-order valence-electron chi connectivity index (χ2n) is 5.95. The van der Waals surface area contributed by atoms with E-state index in [2.05, 4.69) is 16.0 Å². The molecule has 0 bridgehead atoms. The third-order valence-corrected chi connectivity index (χ3v) is 5.01. The van der Waals surface area contributed by atoms with Crippen LogP contribution in [0.1, 0.15) is 25.0 Å². The van der Waals surface area contributed by atoms with Crippen LogP contribution < -0.4 is 16.0 Å². The van der Waals surface area contributed by atoms with E-state index in [-0.39, 0.29) is 17.9 Å². The zero-order chi connectivity index (χ0) is 15.0. The van der Waals surface area contributed by atoms with Gasteiger partial charge in [0.15, 0.2) is 0 Å². The van der Waals surface area contributed by atoms with E-state index in [1.54, 1.807) is 11.8 Å². The largest absolute Gasteiger partial charge is 0.351 e. The molecule has 1 saturated heterocycles. The minimum absolute atomic E-state index is 0.0193. The Labute approximate surface area is 128 Å². The topological polar surface area (TPSA) is 70.2 Å². The van der Waals surface area contributed by atoms with Crippen molar-refractivity contribution in [2.75, 3.05) is 16.9 Å². The van der Waals surface area contributed by atoms with Crippen LogP contribution in [0, 0.1) is 0 Å². The first-order valence-corrected chi connectivity index (χ1v) is 8.17. The summed E-state index contributed by atoms with van der Waals surface area (Å²) in [5.41, 5.74) is 2.36. The molecule has 0 aliphatic carbocycles. The number of rotatable bonds is 3. The zero-order valence-corrected chi connectivity index (χ0v) is 13.0. The molecular formula is C15H19N3O2S. The Kier molecular flexibility index (Phi) is 3.67. The summed E-state index contributed by atoms with van der Waals surface area (Å²) in [5.74, 6) is 1.71. The number of thioether (sulfide) groups is 1. The minimum atomic E-state index is -0.515. The molecule has 1 aromatic rings. The molecule has 21 heavy (non-hydrogen) atoms. The predicted molar refractivity (Wildman–Crippen MR) is 84.2 cm³/mol. The van der Waals surface area contributed by atoms with Gasteiger partial charge < -0.3 is 10.6 Å². The van der Waals surface area contributed by atoms with Crippen molar-refractivity contribution in [3.63, 3.8) is 0 Å². The van der Waals surface area contributed by atoms with Crippen LogP contribution in [0.15, 0.2) is 18.2 Å². The number of carbonyl (C=O) groups is 2. The summed E-state index contributed by atoms with van der Waals surface area (Å²) in [6.07, 6.45) is 0. The van der Waals surface area contributed by atoms with Gasteiger partial charge in [-0.2, -0.15) is 0 Å². The monoisotopic (exact) mass is 305 g/mol. The average Bonchev–Trinajstić information content (AvgIpc) is 3.05. The first-order chi connectivity index (χ1) is 9.98. The fraction of sp³-hybridized carbons (Fsp3) is 0.467. The van der Waals surface area contributed by atoms with Crippen LogP contribution in [-0.2, 0) is 21.5 Å². The maximum atomic E-state index is 12.0. The Morgan fingerprint density at radius 1 is 1.48 bits per heavy atom. The lowest BCUT2D eigenvalue weighted by molar-refractivity contribution is -0.122. The van der Waals surface area contributed by atoms with E-state index in [0.717, 1.165) is 28.4 Å². The second-order valence-corrected chi connectivity index (χ2v) is 6.98. The second kappa shape index (κ2) is 5.35. The van der Waals surface area contributed by atoms with Crippen molar-refractivity contribution in [2.24, 2.45) is 0 Å². The molecule has 1 atom stereocenters. The van der Waals surface area contributed by atoms with E-state index >= 15 is 0 Å². The molecule has 2 amide bonds. The molecule has 2 aliphatic heterocycles. The van der Waals surface area contributed by atoms with E-state index in [1.807, 2.05) is 32.0 Å². The summed E-state index contributed by atoms with van der Waals surface area (Å²) in [4.78, 5) is 23.9. The van der Waals surface area contributed by atoms with E-state index in [1.165, 1.54) is 0 Å². The Morgan fingerprint density at radius 3 is 3.00 bits per heavy atom. The van der Waals surface area contributed by atoms with Crippen LogP contribution in [0.3, 0.4) is 0 Å². The summed E-state index contributed by atoms with van der Waals surface area (Å²) in [6, 6.07) is 5.76. The van der Waals surface area contributed by atoms with Crippen LogP contribution in [-0.4, -0.2) is 29.5 Å². The molecule has 1 fully saturated rings. The van der Waals surface area contributed by atoms with Gasteiger partial charge in [0.1, 0.15) is 0 Å². The Hall–Kier alpha value is -1.53. The molecule has 112 valence electrons. The van der Waals surface area contributed by atoms with Crippen molar-refractivity contribution in [3.8, 4) is 0 Å². The van der Waals surface area contributed by atoms with E-state index < -0.39 is 5.41 Å². The summed E-state index contributed by atoms with van der Waals surface area (Å²) in [5, 5.41) is 8.99. The van der Waals surface area contributed by atoms with Crippen LogP contribution in [0.4, 0.5) is 5.69 Å². The molecule has 1 aromatic carbocycles. The first-order valence-electron chi connectivity index (χ1n) is 7.02. The average molecular weight is 305 g/mol. The van der Waals surface area contributed by atoms with Crippen molar-refractivity contribution in [2.45, 2.75) is 31.8 Å². The number of hydrogen-bond acceptors (Lipinski definition) is 4. The van der Waals surface area contributed by atoms with E-state index in [0.29, 0.717) is 6.54 Å². The molecule has 0 radical (unpaired) electrons. The number of carbonyl (C=O) groups excluding carboxylic acids is 2. The van der Waals surface area contributed by atoms with Gasteiger partial charge in [-0.25, -0.2) is 0 Å². The van der Waals surface area contributed by atoms with Crippen LogP contribution >= 0.6 is 11.8 Å². The molecule has 0 spiro atoms. The number of nitrogens with one attached hydrogen (secondary N) is 3. The Bertz CT molecular complexity index is 595. The highest BCUT2D eigenvalue weighted by molar-refractivity contribution is 7.99. The number of hydrogen-bond donors (Lipinski definition) is 3. The van der Waals surface area contributed by atoms with Crippen molar-refractivity contribution in [1.82, 2.24) is 10.6 Å². The number of fused-ring (bicyclic) bond motifs is 1. The Morgan fingerprint density at radius 2 is 2.29 bits per heavy atom. The minimum Gasteiger partial charge on any atom is -0.351 e. The summed E-state index contributed by atoms with van der Waals surface area (Å²) >= 11 is 1.73. The molecule has 2 heterocycles. The normalized spacial score (nSPS) is 22.8. The van der Waals surface area contributed by atoms with Gasteiger partial charge in [-0.3, -0.25) is 14.9 Å². The van der Waals surface area contributed by atoms with Crippen LogP contribution in [0.2, 0.25) is 0 Å². The van der Waals surface area contributed by atoms with Gasteiger partial charge in [0.25, 0.3) is 0 Å². The number of anilines is 1. The first kappa shape index (κ1) is 14.4. The summed E-state index contributed by atoms with van der Waals surface area (Å²) in [6.45, 7) is 4.31. The highest BCUT2D eigenvalue weighted by atomic mass is 32.2. The molecular weight excluding hydrogens is 286 g/mol. The predicted octanol–water partition coefficient (Wildman–Crippen LogP) is 1.20. The highest BCUT2D eigenvalue weighted by Gasteiger charge is 2.38. The van der Waals surface area contributed by atoms with Crippen LogP contribution in [0.5, 0.6) is 0 Å². The lowest BCUT2D eigenvalue weighted by atomic mass is 9.85. The molecule has 0 aromatic heterocycles. The van der Waals surface area contributed by atoms with Gasteiger partial charge in [-0.05, 0) is 31.0 Å². The van der Waals surface area contributed by atoms with Crippen molar-refractivity contribution < 1.29 is 9.59 Å². The maximum Gasteiger partial charge on any atom is 0.238 e. The molecule has 1 unspecified atom stereocenters. The molecule has 3 rings (SSSR count). The lowest BCUT2D eigenvalue weighted by Gasteiger charge is -2.16. The van der Waals surface area contributed by atoms with Gasteiger partial charge in [-0.15, -0.1) is 11.8 Å². The van der Waals surface area contributed by atoms with E-state index in [4.69, 9.17) is 0 Å². The Balaban J connectivity index is 1.69. The number of amides is 2. The molecule has 0 saturated carbocycles. The van der Waals surface area contributed by atoms with Crippen LogP contribution in [0.25, 0.3) is 0 Å². The van der Waals surface area contributed by atoms with Gasteiger partial charge >= 0.3 is 0 Å². The van der Waals surface area contributed by atoms with E-state index in [9.17, 15) is 9.59 Å². The molecule has 2 aliphatic rings. The third-order valence-electron chi connectivity index (χ3n) is 4.07. The summed E-state index contributed by atoms with van der Waals surface area (Å²) < 4.78 is 0. The lowest BCUT2D eigenvalue weighted by Crippen LogP contribution is -2.41. The molecule has 5 nitrogen and oxygen atoms in total. The van der Waals surface area contributed by atoms with Crippen molar-refractivity contribution in [3.05, 3.63) is 29.3 Å². The number of benzene rings is 1. The third kappa shape index (κ3) is 2.65.